The van der Waals surface area contributed by atoms with E-state index < -0.39 is 0 Å². The van der Waals surface area contributed by atoms with E-state index in [1.54, 1.807) is 13.4 Å². The first-order chi connectivity index (χ1) is 9.80. The second kappa shape index (κ2) is 7.01. The van der Waals surface area contributed by atoms with Crippen LogP contribution in [0.15, 0.2) is 6.33 Å². The van der Waals surface area contributed by atoms with Gasteiger partial charge < -0.3 is 25.0 Å². The molecule has 0 atom stereocenters. The molecule has 0 saturated heterocycles. The quantitative estimate of drug-likeness (QED) is 0.636. The number of methoxy groups -OCH3 is 1. The lowest BCUT2D eigenvalue weighted by molar-refractivity contribution is 0.202. The number of nitrogens with one attached hydrogen (secondary N) is 2. The van der Waals surface area contributed by atoms with Crippen LogP contribution in [0.25, 0.3) is 11.2 Å². The summed E-state index contributed by atoms with van der Waals surface area (Å²) in [4.78, 5) is 18.0. The Morgan fingerprint density at radius 1 is 1.40 bits per heavy atom. The van der Waals surface area contributed by atoms with Crippen LogP contribution in [-0.2, 0) is 4.74 Å². The molecular formula is C12H20N6O2. The fraction of sp³-hybridized carbons (Fsp3) is 0.583. The number of aliphatic hydroxyl groups is 1. The van der Waals surface area contributed by atoms with Crippen molar-refractivity contribution in [2.24, 2.45) is 0 Å². The van der Waals surface area contributed by atoms with Gasteiger partial charge >= 0.3 is 0 Å². The molecule has 110 valence electrons. The normalized spacial score (nSPS) is 10.9. The molecule has 0 aromatic carbocycles. The summed E-state index contributed by atoms with van der Waals surface area (Å²) in [6.07, 6.45) is 1.59. The Labute approximate surface area is 117 Å². The number of ether oxygens (including phenoxy) is 1. The molecule has 0 unspecified atom stereocenters. The molecule has 0 fully saturated rings. The number of nitrogens with zero attached hydrogens (tertiary/aromatic N) is 4. The molecule has 0 aliphatic carbocycles. The fourth-order valence-corrected chi connectivity index (χ4v) is 1.93. The number of hydrogen-bond acceptors (Lipinski definition) is 7. The summed E-state index contributed by atoms with van der Waals surface area (Å²) >= 11 is 0. The van der Waals surface area contributed by atoms with Crippen molar-refractivity contribution in [3.8, 4) is 0 Å². The number of anilines is 2. The lowest BCUT2D eigenvalue weighted by Crippen LogP contribution is -2.31. The summed E-state index contributed by atoms with van der Waals surface area (Å²) in [5.74, 6) is 1.25. The van der Waals surface area contributed by atoms with Crippen LogP contribution in [0.4, 0.5) is 11.8 Å². The van der Waals surface area contributed by atoms with Crippen LogP contribution in [0.5, 0.6) is 0 Å². The molecule has 2 rings (SSSR count). The van der Waals surface area contributed by atoms with Gasteiger partial charge in [0, 0.05) is 26.7 Å². The zero-order valence-corrected chi connectivity index (χ0v) is 11.8. The van der Waals surface area contributed by atoms with Crippen LogP contribution < -0.4 is 10.2 Å². The SMILES string of the molecule is CCNc1nc(N(CCO)CCOC)c2[nH]cnc2n1. The van der Waals surface area contributed by atoms with E-state index in [1.807, 2.05) is 11.8 Å². The van der Waals surface area contributed by atoms with Gasteiger partial charge in [-0.15, -0.1) is 0 Å². The van der Waals surface area contributed by atoms with Gasteiger partial charge in [-0.25, -0.2) is 4.98 Å². The average Bonchev–Trinajstić information content (AvgIpc) is 2.91. The smallest absolute Gasteiger partial charge is 0.226 e. The first-order valence-electron chi connectivity index (χ1n) is 6.59. The summed E-state index contributed by atoms with van der Waals surface area (Å²) < 4.78 is 5.10. The van der Waals surface area contributed by atoms with E-state index in [0.29, 0.717) is 31.3 Å². The molecule has 2 aromatic heterocycles. The number of imidazole rings is 1. The molecule has 2 heterocycles. The molecule has 0 aliphatic heterocycles. The van der Waals surface area contributed by atoms with Gasteiger partial charge in [-0.1, -0.05) is 0 Å². The monoisotopic (exact) mass is 280 g/mol. The molecule has 0 amide bonds. The van der Waals surface area contributed by atoms with Crippen LogP contribution in [0, 0.1) is 0 Å². The summed E-state index contributed by atoms with van der Waals surface area (Å²) in [5, 5.41) is 12.3. The molecular weight excluding hydrogens is 260 g/mol. The first-order valence-corrected chi connectivity index (χ1v) is 6.59. The number of aromatic amines is 1. The minimum atomic E-state index is 0.0416. The van der Waals surface area contributed by atoms with Gasteiger partial charge in [0.2, 0.25) is 5.95 Å². The van der Waals surface area contributed by atoms with Gasteiger partial charge in [-0.3, -0.25) is 0 Å². The Bertz CT molecular complexity index is 544. The van der Waals surface area contributed by atoms with E-state index in [-0.39, 0.29) is 6.61 Å². The maximum Gasteiger partial charge on any atom is 0.226 e. The Hall–Kier alpha value is -1.93. The van der Waals surface area contributed by atoms with Gasteiger partial charge in [-0.2, -0.15) is 9.97 Å². The molecule has 2 aromatic rings. The highest BCUT2D eigenvalue weighted by atomic mass is 16.5. The third-order valence-electron chi connectivity index (χ3n) is 2.84. The minimum Gasteiger partial charge on any atom is -0.395 e. The molecule has 0 radical (unpaired) electrons. The van der Waals surface area contributed by atoms with Crippen LogP contribution in [-0.4, -0.2) is 65.0 Å². The van der Waals surface area contributed by atoms with E-state index in [0.717, 1.165) is 17.9 Å². The maximum absolute atomic E-state index is 9.23. The van der Waals surface area contributed by atoms with Crippen molar-refractivity contribution in [2.75, 3.05) is 50.2 Å². The highest BCUT2D eigenvalue weighted by Crippen LogP contribution is 2.22. The molecule has 8 nitrogen and oxygen atoms in total. The minimum absolute atomic E-state index is 0.0416. The Morgan fingerprint density at radius 3 is 2.95 bits per heavy atom. The molecule has 8 heteroatoms. The second-order valence-corrected chi connectivity index (χ2v) is 4.21. The number of aromatic nitrogens is 4. The topological polar surface area (TPSA) is 99.2 Å². The lowest BCUT2D eigenvalue weighted by Gasteiger charge is -2.23. The third kappa shape index (κ3) is 3.14. The van der Waals surface area contributed by atoms with Crippen molar-refractivity contribution in [3.63, 3.8) is 0 Å². The highest BCUT2D eigenvalue weighted by molar-refractivity contribution is 5.84. The van der Waals surface area contributed by atoms with E-state index >= 15 is 0 Å². The Morgan fingerprint density at radius 2 is 2.25 bits per heavy atom. The zero-order chi connectivity index (χ0) is 14.4. The van der Waals surface area contributed by atoms with E-state index in [2.05, 4.69) is 25.3 Å². The van der Waals surface area contributed by atoms with E-state index in [4.69, 9.17) is 4.74 Å². The number of fused-ring (bicyclic) bond motifs is 1. The second-order valence-electron chi connectivity index (χ2n) is 4.21. The predicted octanol–water partition coefficient (Wildman–Crippen LogP) is 0.230. The fourth-order valence-electron chi connectivity index (χ4n) is 1.93. The van der Waals surface area contributed by atoms with E-state index in [1.165, 1.54) is 0 Å². The number of hydrogen-bond donors (Lipinski definition) is 3. The van der Waals surface area contributed by atoms with Crippen molar-refractivity contribution in [1.82, 2.24) is 19.9 Å². The van der Waals surface area contributed by atoms with Crippen molar-refractivity contribution in [2.45, 2.75) is 6.92 Å². The van der Waals surface area contributed by atoms with Gasteiger partial charge in [0.15, 0.2) is 11.5 Å². The predicted molar refractivity (Wildman–Crippen MR) is 77.0 cm³/mol. The zero-order valence-electron chi connectivity index (χ0n) is 11.8. The van der Waals surface area contributed by atoms with Gasteiger partial charge in [-0.05, 0) is 6.92 Å². The van der Waals surface area contributed by atoms with Crippen molar-refractivity contribution >= 4 is 22.9 Å². The number of rotatable bonds is 8. The number of H-pyrrole nitrogens is 1. The van der Waals surface area contributed by atoms with Crippen molar-refractivity contribution < 1.29 is 9.84 Å². The first kappa shape index (κ1) is 14.5. The standard InChI is InChI=1S/C12H20N6O2/c1-3-13-12-16-10-9(14-8-15-10)11(17-12)18(4-6-19)5-7-20-2/h8,19H,3-7H2,1-2H3,(H2,13,14,15,16,17). The Kier molecular flexibility index (Phi) is 5.08. The van der Waals surface area contributed by atoms with Crippen molar-refractivity contribution in [3.05, 3.63) is 6.33 Å². The molecule has 3 N–H and O–H groups in total. The van der Waals surface area contributed by atoms with Crippen LogP contribution in [0.3, 0.4) is 0 Å². The van der Waals surface area contributed by atoms with E-state index in [9.17, 15) is 5.11 Å². The summed E-state index contributed by atoms with van der Waals surface area (Å²) in [5.41, 5.74) is 1.36. The Balaban J connectivity index is 2.39. The molecule has 0 spiro atoms. The van der Waals surface area contributed by atoms with Crippen LogP contribution in [0.2, 0.25) is 0 Å². The van der Waals surface area contributed by atoms with Gasteiger partial charge in [0.05, 0.1) is 19.5 Å². The largest absolute Gasteiger partial charge is 0.395 e. The summed E-state index contributed by atoms with van der Waals surface area (Å²) in [7, 11) is 1.65. The number of aliphatic hydroxyl groups excluding tert-OH is 1. The van der Waals surface area contributed by atoms with Crippen LogP contribution >= 0.6 is 0 Å². The van der Waals surface area contributed by atoms with Gasteiger partial charge in [0.25, 0.3) is 0 Å². The highest BCUT2D eigenvalue weighted by Gasteiger charge is 2.15. The van der Waals surface area contributed by atoms with Gasteiger partial charge in [0.1, 0.15) is 5.52 Å². The van der Waals surface area contributed by atoms with Crippen molar-refractivity contribution in [1.29, 1.82) is 0 Å². The molecule has 20 heavy (non-hydrogen) atoms. The molecule has 0 aliphatic rings. The lowest BCUT2D eigenvalue weighted by atomic mass is 10.4. The molecule has 0 saturated carbocycles. The summed E-state index contributed by atoms with van der Waals surface area (Å²) in [6.45, 7) is 4.41. The maximum atomic E-state index is 9.23. The van der Waals surface area contributed by atoms with Crippen LogP contribution in [0.1, 0.15) is 6.92 Å². The third-order valence-corrected chi connectivity index (χ3v) is 2.84. The average molecular weight is 280 g/mol. The summed E-state index contributed by atoms with van der Waals surface area (Å²) in [6, 6.07) is 0. The molecule has 0 bridgehead atoms.